The number of nitrogens with zero attached hydrogens (tertiary/aromatic N) is 3. The zero-order valence-electron chi connectivity index (χ0n) is 16.3. The SMILES string of the molecule is CC(=O)N1CCc2c(cn(-c3cccc(N4CCOCC4)c3)c(=O)c2C(=O)O)C1. The number of carboxylic acids is 1. The summed E-state index contributed by atoms with van der Waals surface area (Å²) in [5.41, 5.74) is 2.02. The van der Waals surface area contributed by atoms with Crippen LogP contribution in [0.2, 0.25) is 0 Å². The molecule has 0 unspecified atom stereocenters. The summed E-state index contributed by atoms with van der Waals surface area (Å²) in [4.78, 5) is 40.6. The lowest BCUT2D eigenvalue weighted by atomic mass is 9.96. The molecule has 1 saturated heterocycles. The number of anilines is 1. The molecule has 0 radical (unpaired) electrons. The molecule has 1 aromatic carbocycles. The van der Waals surface area contributed by atoms with E-state index in [9.17, 15) is 19.5 Å². The van der Waals surface area contributed by atoms with Gasteiger partial charge in [0.25, 0.3) is 5.56 Å². The molecule has 2 aliphatic heterocycles. The van der Waals surface area contributed by atoms with Crippen molar-refractivity contribution in [3.05, 3.63) is 57.5 Å². The maximum Gasteiger partial charge on any atom is 0.341 e. The molecular formula is C21H23N3O5. The number of amides is 1. The minimum atomic E-state index is -1.23. The highest BCUT2D eigenvalue weighted by atomic mass is 16.5. The normalized spacial score (nSPS) is 16.4. The molecular weight excluding hydrogens is 374 g/mol. The number of hydrogen-bond acceptors (Lipinski definition) is 5. The summed E-state index contributed by atoms with van der Waals surface area (Å²) >= 11 is 0. The molecule has 1 fully saturated rings. The summed E-state index contributed by atoms with van der Waals surface area (Å²) in [7, 11) is 0. The Morgan fingerprint density at radius 3 is 2.52 bits per heavy atom. The van der Waals surface area contributed by atoms with Crippen LogP contribution in [0.15, 0.2) is 35.3 Å². The number of rotatable bonds is 3. The smallest absolute Gasteiger partial charge is 0.341 e. The van der Waals surface area contributed by atoms with Crippen LogP contribution >= 0.6 is 0 Å². The zero-order chi connectivity index (χ0) is 20.5. The van der Waals surface area contributed by atoms with Gasteiger partial charge in [0.05, 0.1) is 18.9 Å². The van der Waals surface area contributed by atoms with Gasteiger partial charge in [0.1, 0.15) is 5.56 Å². The van der Waals surface area contributed by atoms with Crippen molar-refractivity contribution in [1.29, 1.82) is 0 Å². The predicted molar refractivity (Wildman–Crippen MR) is 107 cm³/mol. The number of carboxylic acid groups (broad SMARTS) is 1. The van der Waals surface area contributed by atoms with Crippen molar-refractivity contribution in [3.63, 3.8) is 0 Å². The summed E-state index contributed by atoms with van der Waals surface area (Å²) in [5, 5.41) is 9.71. The van der Waals surface area contributed by atoms with Crippen molar-refractivity contribution in [2.75, 3.05) is 37.7 Å². The number of carbonyl (C=O) groups is 2. The highest BCUT2D eigenvalue weighted by Crippen LogP contribution is 2.24. The van der Waals surface area contributed by atoms with E-state index >= 15 is 0 Å². The Bertz CT molecular complexity index is 1020. The number of aromatic nitrogens is 1. The van der Waals surface area contributed by atoms with Gasteiger partial charge in [-0.25, -0.2) is 4.79 Å². The van der Waals surface area contributed by atoms with E-state index in [2.05, 4.69) is 4.90 Å². The lowest BCUT2D eigenvalue weighted by molar-refractivity contribution is -0.129. The van der Waals surface area contributed by atoms with Crippen molar-refractivity contribution in [3.8, 4) is 5.69 Å². The van der Waals surface area contributed by atoms with E-state index in [4.69, 9.17) is 4.74 Å². The van der Waals surface area contributed by atoms with E-state index in [1.165, 1.54) is 11.5 Å². The van der Waals surface area contributed by atoms with Crippen LogP contribution in [0.1, 0.15) is 28.4 Å². The molecule has 1 N–H and O–H groups in total. The standard InChI is InChI=1S/C21H23N3O5/c1-14(25)23-6-5-18-15(12-23)13-24(20(26)19(18)21(27)28)17-4-2-3-16(11-17)22-7-9-29-10-8-22/h2-4,11,13H,5-10,12H2,1H3,(H,27,28). The van der Waals surface area contributed by atoms with E-state index in [0.29, 0.717) is 49.5 Å². The summed E-state index contributed by atoms with van der Waals surface area (Å²) < 4.78 is 6.78. The second-order valence-corrected chi connectivity index (χ2v) is 7.30. The molecule has 0 spiro atoms. The first-order valence-corrected chi connectivity index (χ1v) is 9.65. The van der Waals surface area contributed by atoms with Crippen molar-refractivity contribution in [2.45, 2.75) is 19.9 Å². The van der Waals surface area contributed by atoms with Crippen LogP contribution in [-0.2, 0) is 22.5 Å². The van der Waals surface area contributed by atoms with Gasteiger partial charge in [-0.3, -0.25) is 14.2 Å². The molecule has 2 aromatic rings. The number of ether oxygens (including phenoxy) is 1. The molecule has 4 rings (SSSR count). The molecule has 0 aliphatic carbocycles. The first-order valence-electron chi connectivity index (χ1n) is 9.65. The molecule has 2 aliphatic rings. The van der Waals surface area contributed by atoms with Crippen LogP contribution in [0.25, 0.3) is 5.69 Å². The van der Waals surface area contributed by atoms with E-state index < -0.39 is 11.5 Å². The van der Waals surface area contributed by atoms with Crippen LogP contribution in [-0.4, -0.2) is 59.3 Å². The van der Waals surface area contributed by atoms with Crippen LogP contribution in [0, 0.1) is 0 Å². The summed E-state index contributed by atoms with van der Waals surface area (Å²) in [6.07, 6.45) is 2.04. The van der Waals surface area contributed by atoms with Gasteiger partial charge in [-0.15, -0.1) is 0 Å². The summed E-state index contributed by atoms with van der Waals surface area (Å²) in [6.45, 7) is 5.02. The maximum absolute atomic E-state index is 13.1. The number of fused-ring (bicyclic) bond motifs is 1. The Morgan fingerprint density at radius 1 is 1.10 bits per heavy atom. The minimum Gasteiger partial charge on any atom is -0.477 e. The van der Waals surface area contributed by atoms with Crippen LogP contribution in [0.4, 0.5) is 5.69 Å². The van der Waals surface area contributed by atoms with Gasteiger partial charge in [-0.2, -0.15) is 0 Å². The molecule has 152 valence electrons. The molecule has 0 bridgehead atoms. The van der Waals surface area contributed by atoms with Crippen LogP contribution in [0.3, 0.4) is 0 Å². The molecule has 8 heteroatoms. The molecule has 1 amide bonds. The van der Waals surface area contributed by atoms with Gasteiger partial charge in [-0.05, 0) is 35.7 Å². The molecule has 3 heterocycles. The molecule has 0 atom stereocenters. The van der Waals surface area contributed by atoms with Gasteiger partial charge in [0.2, 0.25) is 5.91 Å². The first kappa shape index (κ1) is 19.2. The quantitative estimate of drug-likeness (QED) is 0.839. The fourth-order valence-corrected chi connectivity index (χ4v) is 4.00. The predicted octanol–water partition coefficient (Wildman–Crippen LogP) is 1.28. The lowest BCUT2D eigenvalue weighted by Gasteiger charge is -2.30. The van der Waals surface area contributed by atoms with Crippen LogP contribution in [0.5, 0.6) is 0 Å². The largest absolute Gasteiger partial charge is 0.477 e. The summed E-state index contributed by atoms with van der Waals surface area (Å²) in [5.74, 6) is -1.30. The Hall–Kier alpha value is -3.13. The Balaban J connectivity index is 1.81. The fourth-order valence-electron chi connectivity index (χ4n) is 4.00. The van der Waals surface area contributed by atoms with E-state index in [1.54, 1.807) is 17.2 Å². The minimum absolute atomic E-state index is 0.0698. The van der Waals surface area contributed by atoms with Gasteiger partial charge in [-0.1, -0.05) is 6.07 Å². The highest BCUT2D eigenvalue weighted by molar-refractivity contribution is 5.89. The number of morpholine rings is 1. The third-order valence-corrected chi connectivity index (χ3v) is 5.54. The summed E-state index contributed by atoms with van der Waals surface area (Å²) in [6, 6.07) is 7.49. The van der Waals surface area contributed by atoms with Crippen molar-refractivity contribution < 1.29 is 19.4 Å². The number of pyridine rings is 1. The van der Waals surface area contributed by atoms with E-state index in [-0.39, 0.29) is 11.5 Å². The van der Waals surface area contributed by atoms with Gasteiger partial charge >= 0.3 is 5.97 Å². The third-order valence-electron chi connectivity index (χ3n) is 5.54. The third kappa shape index (κ3) is 3.63. The van der Waals surface area contributed by atoms with Crippen molar-refractivity contribution >= 4 is 17.6 Å². The van der Waals surface area contributed by atoms with Gasteiger partial charge in [0.15, 0.2) is 0 Å². The van der Waals surface area contributed by atoms with E-state index in [0.717, 1.165) is 18.8 Å². The van der Waals surface area contributed by atoms with Gasteiger partial charge in [0, 0.05) is 45.0 Å². The monoisotopic (exact) mass is 397 g/mol. The van der Waals surface area contributed by atoms with E-state index in [1.807, 2.05) is 18.2 Å². The molecule has 29 heavy (non-hydrogen) atoms. The van der Waals surface area contributed by atoms with Gasteiger partial charge < -0.3 is 19.6 Å². The first-order chi connectivity index (χ1) is 14.0. The zero-order valence-corrected chi connectivity index (χ0v) is 16.3. The number of aromatic carboxylic acids is 1. The number of carbonyl (C=O) groups excluding carboxylic acids is 1. The van der Waals surface area contributed by atoms with Crippen molar-refractivity contribution in [1.82, 2.24) is 9.47 Å². The Kier molecular flexibility index (Phi) is 5.10. The number of benzene rings is 1. The number of hydrogen-bond donors (Lipinski definition) is 1. The van der Waals surface area contributed by atoms with Crippen molar-refractivity contribution in [2.24, 2.45) is 0 Å². The second kappa shape index (κ2) is 7.71. The Morgan fingerprint density at radius 2 is 1.83 bits per heavy atom. The molecule has 0 saturated carbocycles. The topological polar surface area (TPSA) is 92.1 Å². The Labute approximate surface area is 167 Å². The second-order valence-electron chi connectivity index (χ2n) is 7.30. The van der Waals surface area contributed by atoms with Crippen LogP contribution < -0.4 is 10.5 Å². The lowest BCUT2D eigenvalue weighted by Crippen LogP contribution is -2.38. The average Bonchev–Trinajstić information content (AvgIpc) is 2.73. The fraction of sp³-hybridized carbons (Fsp3) is 0.381. The average molecular weight is 397 g/mol. The highest BCUT2D eigenvalue weighted by Gasteiger charge is 2.27. The molecule has 1 aromatic heterocycles. The maximum atomic E-state index is 13.1. The molecule has 8 nitrogen and oxygen atoms in total.